The maximum absolute atomic E-state index is 14.1. The Morgan fingerprint density at radius 3 is 2.60 bits per heavy atom. The number of Topliss-reactive ketones (excluding diaryl/α,β-unsaturated/α-hetero) is 1. The average Bonchev–Trinajstić information content (AvgIpc) is 3.37. The van der Waals surface area contributed by atoms with Gasteiger partial charge in [-0.15, -0.1) is 5.10 Å². The first-order valence-corrected chi connectivity index (χ1v) is 13.5. The van der Waals surface area contributed by atoms with Crippen molar-refractivity contribution in [1.29, 1.82) is 0 Å². The minimum atomic E-state index is -1.01. The molecule has 4 saturated carbocycles. The molecule has 7 heteroatoms. The standard InChI is InChI=1S/C28H37F2N3O2/c1-26(35)12-13-27(2)16(14-26)4-5-17-18-6-7-20(28(18,3)11-10-19(17)27)23(34)15-33-22-9-8-21(29)24(30)25(22)31-32-33/h8-9,16-20,35H,4-7,10-15H2,1-3H3/t16-,17+,18+,19+,20-,26-,27+,28+/m1/s1. The first-order chi connectivity index (χ1) is 16.5. The zero-order valence-corrected chi connectivity index (χ0v) is 21.1. The highest BCUT2D eigenvalue weighted by Gasteiger charge is 2.61. The number of carbonyl (C=O) groups excluding carboxylic acids is 1. The van der Waals surface area contributed by atoms with Crippen LogP contribution in [0.2, 0.25) is 0 Å². The van der Waals surface area contributed by atoms with Crippen molar-refractivity contribution in [3.05, 3.63) is 23.8 Å². The summed E-state index contributed by atoms with van der Waals surface area (Å²) < 4.78 is 29.1. The third-order valence-corrected chi connectivity index (χ3v) is 11.2. The fourth-order valence-corrected chi connectivity index (χ4v) is 9.31. The van der Waals surface area contributed by atoms with Crippen LogP contribution in [0.4, 0.5) is 8.78 Å². The van der Waals surface area contributed by atoms with Gasteiger partial charge in [-0.25, -0.2) is 13.5 Å². The van der Waals surface area contributed by atoms with Crippen molar-refractivity contribution in [2.24, 2.45) is 40.4 Å². The molecule has 4 fully saturated rings. The summed E-state index contributed by atoms with van der Waals surface area (Å²) in [6, 6.07) is 2.52. The van der Waals surface area contributed by atoms with Gasteiger partial charge in [-0.2, -0.15) is 0 Å². The third kappa shape index (κ3) is 3.43. The van der Waals surface area contributed by atoms with Crippen LogP contribution in [0, 0.1) is 52.1 Å². The highest BCUT2D eigenvalue weighted by atomic mass is 19.2. The molecule has 0 spiro atoms. The molecule has 4 aliphatic carbocycles. The van der Waals surface area contributed by atoms with Gasteiger partial charge in [-0.05, 0) is 111 Å². The Hall–Kier alpha value is -1.89. The van der Waals surface area contributed by atoms with Crippen molar-refractivity contribution < 1.29 is 18.7 Å². The number of hydrogen-bond acceptors (Lipinski definition) is 4. The van der Waals surface area contributed by atoms with E-state index in [1.807, 2.05) is 6.92 Å². The highest BCUT2D eigenvalue weighted by Crippen LogP contribution is 2.68. The van der Waals surface area contributed by atoms with E-state index in [-0.39, 0.29) is 29.2 Å². The first-order valence-electron chi connectivity index (χ1n) is 13.5. The van der Waals surface area contributed by atoms with Crippen molar-refractivity contribution in [1.82, 2.24) is 15.0 Å². The average molecular weight is 486 g/mol. The van der Waals surface area contributed by atoms with Gasteiger partial charge < -0.3 is 5.11 Å². The van der Waals surface area contributed by atoms with E-state index in [1.165, 1.54) is 23.6 Å². The number of fused-ring (bicyclic) bond motifs is 6. The Labute approximate surface area is 205 Å². The van der Waals surface area contributed by atoms with Gasteiger partial charge in [0.05, 0.1) is 11.1 Å². The molecule has 0 aliphatic heterocycles. The predicted molar refractivity (Wildman–Crippen MR) is 128 cm³/mol. The smallest absolute Gasteiger partial charge is 0.188 e. The van der Waals surface area contributed by atoms with Crippen LogP contribution in [-0.4, -0.2) is 31.5 Å². The SMILES string of the molecule is C[C@@]1(O)CC[C@@]2(C)[C@H](CC[C@@H]3[C@@H]2CC[C@]2(C)[C@@H](C(=O)Cn4nnc5c(F)c(F)ccc54)CC[C@@H]32)C1. The zero-order valence-electron chi connectivity index (χ0n) is 21.1. The summed E-state index contributed by atoms with van der Waals surface area (Å²) in [7, 11) is 0. The fraction of sp³-hybridized carbons (Fsp3) is 0.750. The number of carbonyl (C=O) groups is 1. The molecular weight excluding hydrogens is 448 g/mol. The molecule has 1 aromatic heterocycles. The van der Waals surface area contributed by atoms with Gasteiger partial charge in [0.15, 0.2) is 22.9 Å². The number of halogens is 2. The molecule has 8 atom stereocenters. The van der Waals surface area contributed by atoms with Crippen LogP contribution < -0.4 is 0 Å². The summed E-state index contributed by atoms with van der Waals surface area (Å²) in [5.41, 5.74) is -0.000777. The molecule has 1 aromatic carbocycles. The largest absolute Gasteiger partial charge is 0.390 e. The fourth-order valence-electron chi connectivity index (χ4n) is 9.31. The minimum absolute atomic E-state index is 0.0185. The van der Waals surface area contributed by atoms with Crippen LogP contribution >= 0.6 is 0 Å². The lowest BCUT2D eigenvalue weighted by atomic mass is 9.44. The molecule has 2 aromatic rings. The van der Waals surface area contributed by atoms with E-state index >= 15 is 0 Å². The van der Waals surface area contributed by atoms with E-state index in [1.54, 1.807) is 0 Å². The van der Waals surface area contributed by atoms with Crippen molar-refractivity contribution >= 4 is 16.8 Å². The summed E-state index contributed by atoms with van der Waals surface area (Å²) in [5, 5.41) is 18.5. The molecule has 4 aliphatic rings. The summed E-state index contributed by atoms with van der Waals surface area (Å²) in [4.78, 5) is 13.6. The second kappa shape index (κ2) is 7.80. The molecule has 0 amide bonds. The third-order valence-electron chi connectivity index (χ3n) is 11.2. The molecular formula is C28H37F2N3O2. The van der Waals surface area contributed by atoms with Gasteiger partial charge in [-0.3, -0.25) is 4.79 Å². The Balaban J connectivity index is 1.22. The first kappa shape index (κ1) is 23.5. The summed E-state index contributed by atoms with van der Waals surface area (Å²) in [5.74, 6) is 0.621. The van der Waals surface area contributed by atoms with Crippen LogP contribution in [0.3, 0.4) is 0 Å². The van der Waals surface area contributed by atoms with Crippen LogP contribution in [0.15, 0.2) is 12.1 Å². The van der Waals surface area contributed by atoms with E-state index in [2.05, 4.69) is 24.2 Å². The molecule has 5 nitrogen and oxygen atoms in total. The lowest BCUT2D eigenvalue weighted by Crippen LogP contribution is -2.55. The summed E-state index contributed by atoms with van der Waals surface area (Å²) >= 11 is 0. The van der Waals surface area contributed by atoms with Crippen LogP contribution in [0.1, 0.15) is 78.6 Å². The van der Waals surface area contributed by atoms with Gasteiger partial charge in [0.2, 0.25) is 0 Å². The van der Waals surface area contributed by atoms with E-state index in [0.717, 1.165) is 51.0 Å². The lowest BCUT2D eigenvalue weighted by molar-refractivity contribution is -0.151. The molecule has 190 valence electrons. The van der Waals surface area contributed by atoms with Crippen LogP contribution in [0.5, 0.6) is 0 Å². The number of hydrogen-bond donors (Lipinski definition) is 1. The van der Waals surface area contributed by atoms with E-state index in [9.17, 15) is 18.7 Å². The number of benzene rings is 1. The maximum atomic E-state index is 14.1. The molecule has 1 heterocycles. The topological polar surface area (TPSA) is 68.0 Å². The van der Waals surface area contributed by atoms with E-state index in [0.29, 0.717) is 34.6 Å². The Morgan fingerprint density at radius 1 is 1.03 bits per heavy atom. The predicted octanol–water partition coefficient (Wildman–Crippen LogP) is 5.69. The summed E-state index contributed by atoms with van der Waals surface area (Å²) in [6.45, 7) is 6.88. The maximum Gasteiger partial charge on any atom is 0.188 e. The zero-order chi connectivity index (χ0) is 24.8. The molecule has 0 bridgehead atoms. The number of aliphatic hydroxyl groups is 1. The van der Waals surface area contributed by atoms with Crippen molar-refractivity contribution in [3.63, 3.8) is 0 Å². The molecule has 0 radical (unpaired) electrons. The molecule has 1 N–H and O–H groups in total. The second-order valence-electron chi connectivity index (χ2n) is 13.0. The molecule has 35 heavy (non-hydrogen) atoms. The Morgan fingerprint density at radius 2 is 1.80 bits per heavy atom. The number of aromatic nitrogens is 3. The van der Waals surface area contributed by atoms with E-state index < -0.39 is 17.2 Å². The second-order valence-corrected chi connectivity index (χ2v) is 13.0. The van der Waals surface area contributed by atoms with Crippen molar-refractivity contribution in [2.45, 2.75) is 90.7 Å². The van der Waals surface area contributed by atoms with Crippen molar-refractivity contribution in [3.8, 4) is 0 Å². The van der Waals surface area contributed by atoms with Gasteiger partial charge in [0.25, 0.3) is 0 Å². The number of ketones is 1. The normalized spacial score (nSPS) is 43.0. The number of nitrogens with zero attached hydrogens (tertiary/aromatic N) is 3. The Bertz CT molecular complexity index is 1180. The quantitative estimate of drug-likeness (QED) is 0.607. The van der Waals surface area contributed by atoms with Gasteiger partial charge in [0.1, 0.15) is 6.54 Å². The minimum Gasteiger partial charge on any atom is -0.390 e. The molecule has 0 unspecified atom stereocenters. The molecule has 0 saturated heterocycles. The van der Waals surface area contributed by atoms with Crippen LogP contribution in [-0.2, 0) is 11.3 Å². The van der Waals surface area contributed by atoms with E-state index in [4.69, 9.17) is 0 Å². The van der Waals surface area contributed by atoms with Gasteiger partial charge in [-0.1, -0.05) is 19.1 Å². The lowest BCUT2D eigenvalue weighted by Gasteiger charge is -2.61. The van der Waals surface area contributed by atoms with Gasteiger partial charge >= 0.3 is 0 Å². The Kier molecular flexibility index (Phi) is 5.24. The van der Waals surface area contributed by atoms with Crippen LogP contribution in [0.25, 0.3) is 11.0 Å². The van der Waals surface area contributed by atoms with Gasteiger partial charge in [0, 0.05) is 5.92 Å². The monoisotopic (exact) mass is 485 g/mol. The molecule has 6 rings (SSSR count). The summed E-state index contributed by atoms with van der Waals surface area (Å²) in [6.07, 6.45) is 9.52. The van der Waals surface area contributed by atoms with Crippen molar-refractivity contribution in [2.75, 3.05) is 0 Å². The number of rotatable bonds is 3. The highest BCUT2D eigenvalue weighted by molar-refractivity contribution is 5.84.